The molecule has 0 saturated carbocycles. The van der Waals surface area contributed by atoms with Crippen LogP contribution in [0.5, 0.6) is 0 Å². The third-order valence-corrected chi connectivity index (χ3v) is 2.76. The zero-order chi connectivity index (χ0) is 16.8. The molecule has 1 aromatic rings. The highest BCUT2D eigenvalue weighted by molar-refractivity contribution is 6.00. The molecule has 0 bridgehead atoms. The van der Waals surface area contributed by atoms with Gasteiger partial charge >= 0.3 is 6.09 Å². The molecule has 1 rings (SSSR count). The highest BCUT2D eigenvalue weighted by Gasteiger charge is 2.16. The number of nitrogens with zero attached hydrogens (tertiary/aromatic N) is 2. The van der Waals surface area contributed by atoms with Gasteiger partial charge in [0.25, 0.3) is 0 Å². The van der Waals surface area contributed by atoms with Crippen LogP contribution in [0.25, 0.3) is 0 Å². The van der Waals surface area contributed by atoms with Gasteiger partial charge in [0.1, 0.15) is 11.4 Å². The van der Waals surface area contributed by atoms with Gasteiger partial charge in [-0.05, 0) is 39.3 Å². The first-order valence-electron chi connectivity index (χ1n) is 7.33. The van der Waals surface area contributed by atoms with Crippen molar-refractivity contribution in [2.45, 2.75) is 39.2 Å². The van der Waals surface area contributed by atoms with E-state index in [0.717, 1.165) is 0 Å². The molecule has 0 aromatic carbocycles. The zero-order valence-corrected chi connectivity index (χ0v) is 14.0. The number of ether oxygens (including phenoxy) is 1. The minimum Gasteiger partial charge on any atom is -0.444 e. The summed E-state index contributed by atoms with van der Waals surface area (Å²) in [5.74, 6) is 0.676. The third kappa shape index (κ3) is 6.11. The molecule has 6 heteroatoms. The van der Waals surface area contributed by atoms with Gasteiger partial charge in [-0.3, -0.25) is 4.79 Å². The average Bonchev–Trinajstić information content (AvgIpc) is 2.41. The summed E-state index contributed by atoms with van der Waals surface area (Å²) < 4.78 is 5.13. The molecule has 6 nitrogen and oxygen atoms in total. The van der Waals surface area contributed by atoms with Crippen LogP contribution in [0.15, 0.2) is 18.3 Å². The summed E-state index contributed by atoms with van der Waals surface area (Å²) in [6.45, 7) is 5.82. The van der Waals surface area contributed by atoms with Crippen LogP contribution >= 0.6 is 0 Å². The van der Waals surface area contributed by atoms with Crippen molar-refractivity contribution in [1.82, 2.24) is 10.3 Å². The smallest absolute Gasteiger partial charge is 0.407 e. The van der Waals surface area contributed by atoms with Gasteiger partial charge in [-0.25, -0.2) is 9.78 Å². The first kappa shape index (κ1) is 17.9. The van der Waals surface area contributed by atoms with Gasteiger partial charge in [0.05, 0.1) is 5.56 Å². The molecule has 0 spiro atoms. The fourth-order valence-electron chi connectivity index (χ4n) is 1.86. The molecule has 22 heavy (non-hydrogen) atoms. The molecule has 0 aliphatic heterocycles. The lowest BCUT2D eigenvalue weighted by molar-refractivity contribution is 0.0525. The summed E-state index contributed by atoms with van der Waals surface area (Å²) in [7, 11) is 3.70. The Bertz CT molecular complexity index is 522. The minimum atomic E-state index is -0.518. The van der Waals surface area contributed by atoms with Crippen LogP contribution in [0.2, 0.25) is 0 Å². The fraction of sp³-hybridized carbons (Fsp3) is 0.562. The Morgan fingerprint density at radius 1 is 1.32 bits per heavy atom. The number of rotatable bonds is 6. The molecule has 0 saturated heterocycles. The van der Waals surface area contributed by atoms with E-state index in [0.29, 0.717) is 30.8 Å². The van der Waals surface area contributed by atoms with Crippen molar-refractivity contribution in [2.24, 2.45) is 0 Å². The lowest BCUT2D eigenvalue weighted by atomic mass is 10.1. The lowest BCUT2D eigenvalue weighted by Crippen LogP contribution is -2.33. The Kier molecular flexibility index (Phi) is 6.34. The van der Waals surface area contributed by atoms with E-state index < -0.39 is 11.7 Å². The van der Waals surface area contributed by atoms with E-state index in [1.807, 2.05) is 19.0 Å². The maximum atomic E-state index is 12.2. The Labute approximate surface area is 131 Å². The molecular formula is C16H25N3O3. The van der Waals surface area contributed by atoms with E-state index in [4.69, 9.17) is 4.74 Å². The van der Waals surface area contributed by atoms with Crippen molar-refractivity contribution in [3.05, 3.63) is 23.9 Å². The fourth-order valence-corrected chi connectivity index (χ4v) is 1.86. The van der Waals surface area contributed by atoms with Crippen LogP contribution in [-0.4, -0.2) is 43.1 Å². The topological polar surface area (TPSA) is 71.5 Å². The van der Waals surface area contributed by atoms with E-state index >= 15 is 0 Å². The number of Topliss-reactive ketones (excluding diaryl/α,β-unsaturated/α-hetero) is 1. The van der Waals surface area contributed by atoms with Crippen LogP contribution in [0.3, 0.4) is 0 Å². The second-order valence-corrected chi connectivity index (χ2v) is 6.22. The number of alkyl carbamates (subject to hydrolysis) is 1. The van der Waals surface area contributed by atoms with Gasteiger partial charge in [0.2, 0.25) is 0 Å². The quantitative estimate of drug-likeness (QED) is 0.646. The monoisotopic (exact) mass is 307 g/mol. The number of hydrogen-bond donors (Lipinski definition) is 1. The Balaban J connectivity index is 2.43. The Morgan fingerprint density at radius 3 is 2.59 bits per heavy atom. The number of hydrogen-bond acceptors (Lipinski definition) is 5. The third-order valence-electron chi connectivity index (χ3n) is 2.76. The first-order valence-corrected chi connectivity index (χ1v) is 7.33. The zero-order valence-electron chi connectivity index (χ0n) is 14.0. The molecule has 1 aromatic heterocycles. The summed E-state index contributed by atoms with van der Waals surface area (Å²) >= 11 is 0. The highest BCUT2D eigenvalue weighted by atomic mass is 16.6. The summed E-state index contributed by atoms with van der Waals surface area (Å²) in [6.07, 6.45) is 2.11. The maximum absolute atomic E-state index is 12.2. The van der Waals surface area contributed by atoms with Gasteiger partial charge < -0.3 is 15.0 Å². The summed E-state index contributed by atoms with van der Waals surface area (Å²) in [5, 5.41) is 2.64. The van der Waals surface area contributed by atoms with E-state index in [9.17, 15) is 9.59 Å². The van der Waals surface area contributed by atoms with Gasteiger partial charge in [-0.2, -0.15) is 0 Å². The van der Waals surface area contributed by atoms with Crippen molar-refractivity contribution in [1.29, 1.82) is 0 Å². The predicted molar refractivity (Wildman–Crippen MR) is 86.4 cm³/mol. The average molecular weight is 307 g/mol. The number of ketones is 1. The van der Waals surface area contributed by atoms with E-state index in [1.165, 1.54) is 0 Å². The maximum Gasteiger partial charge on any atom is 0.407 e. The van der Waals surface area contributed by atoms with E-state index in [-0.39, 0.29) is 5.78 Å². The Hall–Kier alpha value is -2.11. The van der Waals surface area contributed by atoms with Crippen LogP contribution in [0.4, 0.5) is 10.6 Å². The standard InChI is InChI=1S/C16H25N3O3/c1-16(2,3)22-15(21)18-11-7-9-13(20)12-8-6-10-17-14(12)19(4)5/h6,8,10H,7,9,11H2,1-5H3,(H,18,21). The van der Waals surface area contributed by atoms with Crippen molar-refractivity contribution in [3.8, 4) is 0 Å². The van der Waals surface area contributed by atoms with Gasteiger partial charge in [-0.15, -0.1) is 0 Å². The van der Waals surface area contributed by atoms with E-state index in [2.05, 4.69) is 10.3 Å². The van der Waals surface area contributed by atoms with E-state index in [1.54, 1.807) is 39.1 Å². The second-order valence-electron chi connectivity index (χ2n) is 6.22. The van der Waals surface area contributed by atoms with Gasteiger partial charge in [0, 0.05) is 33.3 Å². The minimum absolute atomic E-state index is 0.0165. The van der Waals surface area contributed by atoms with Crippen LogP contribution < -0.4 is 10.2 Å². The summed E-state index contributed by atoms with van der Waals surface area (Å²) in [5.41, 5.74) is 0.0840. The molecule has 0 atom stereocenters. The van der Waals surface area contributed by atoms with Crippen molar-refractivity contribution < 1.29 is 14.3 Å². The molecular weight excluding hydrogens is 282 g/mol. The molecule has 0 unspecified atom stereocenters. The van der Waals surface area contributed by atoms with Gasteiger partial charge in [-0.1, -0.05) is 0 Å². The number of carbonyl (C=O) groups excluding carboxylic acids is 2. The number of aromatic nitrogens is 1. The SMILES string of the molecule is CN(C)c1ncccc1C(=O)CCCNC(=O)OC(C)(C)C. The molecule has 1 amide bonds. The Morgan fingerprint density at radius 2 is 2.00 bits per heavy atom. The summed E-state index contributed by atoms with van der Waals surface area (Å²) in [4.78, 5) is 29.7. The summed E-state index contributed by atoms with van der Waals surface area (Å²) in [6, 6.07) is 3.52. The van der Waals surface area contributed by atoms with Crippen molar-refractivity contribution in [2.75, 3.05) is 25.5 Å². The van der Waals surface area contributed by atoms with Crippen LogP contribution in [-0.2, 0) is 4.74 Å². The molecule has 1 heterocycles. The van der Waals surface area contributed by atoms with Crippen molar-refractivity contribution >= 4 is 17.7 Å². The molecule has 0 radical (unpaired) electrons. The predicted octanol–water partition coefficient (Wildman–Crippen LogP) is 2.64. The highest BCUT2D eigenvalue weighted by Crippen LogP contribution is 2.16. The normalized spacial score (nSPS) is 11.0. The molecule has 0 fully saturated rings. The van der Waals surface area contributed by atoms with Crippen LogP contribution in [0.1, 0.15) is 44.0 Å². The van der Waals surface area contributed by atoms with Gasteiger partial charge in [0.15, 0.2) is 5.78 Å². The molecule has 0 aliphatic rings. The molecule has 0 aliphatic carbocycles. The number of nitrogens with one attached hydrogen (secondary N) is 1. The largest absolute Gasteiger partial charge is 0.444 e. The molecule has 1 N–H and O–H groups in total. The van der Waals surface area contributed by atoms with Crippen molar-refractivity contribution in [3.63, 3.8) is 0 Å². The molecule has 122 valence electrons. The number of anilines is 1. The lowest BCUT2D eigenvalue weighted by Gasteiger charge is -2.19. The second kappa shape index (κ2) is 7.77. The number of amides is 1. The number of carbonyl (C=O) groups is 2. The number of pyridine rings is 1. The van der Waals surface area contributed by atoms with Crippen LogP contribution in [0, 0.1) is 0 Å². The first-order chi connectivity index (χ1) is 10.2.